The first-order chi connectivity index (χ1) is 9.67. The fraction of sp³-hybridized carbons (Fsp3) is 0.133. The first-order valence-corrected chi connectivity index (χ1v) is 7.98. The van der Waals surface area contributed by atoms with Gasteiger partial charge in [-0.2, -0.15) is 5.10 Å². The zero-order chi connectivity index (χ0) is 14.1. The highest BCUT2D eigenvalue weighted by Gasteiger charge is 2.12. The highest BCUT2D eigenvalue weighted by Crippen LogP contribution is 2.32. The number of hydrogen-bond donors (Lipinski definition) is 1. The Labute approximate surface area is 130 Å². The standard InChI is InChI=1S/C15H14BrN3S/c1-2-12-6-7-14(20-12)15-13(17)9-19(18-15)11-5-3-4-10(16)8-11/h3-9H,2,17H2,1H3. The van der Waals surface area contributed by atoms with E-state index in [0.29, 0.717) is 5.69 Å². The molecule has 102 valence electrons. The molecule has 0 aliphatic carbocycles. The number of hydrogen-bond acceptors (Lipinski definition) is 3. The second kappa shape index (κ2) is 5.42. The second-order valence-electron chi connectivity index (χ2n) is 4.48. The summed E-state index contributed by atoms with van der Waals surface area (Å²) in [5.74, 6) is 0. The van der Waals surface area contributed by atoms with E-state index in [4.69, 9.17) is 5.73 Å². The normalized spacial score (nSPS) is 10.9. The molecular formula is C15H14BrN3S. The largest absolute Gasteiger partial charge is 0.396 e. The van der Waals surface area contributed by atoms with Crippen LogP contribution in [0.2, 0.25) is 0 Å². The maximum Gasteiger partial charge on any atom is 0.126 e. The van der Waals surface area contributed by atoms with Gasteiger partial charge in [-0.05, 0) is 36.8 Å². The van der Waals surface area contributed by atoms with Crippen LogP contribution in [0.3, 0.4) is 0 Å². The fourth-order valence-corrected chi connectivity index (χ4v) is 3.37. The van der Waals surface area contributed by atoms with Crippen molar-refractivity contribution < 1.29 is 0 Å². The first kappa shape index (κ1) is 13.4. The van der Waals surface area contributed by atoms with E-state index in [1.54, 1.807) is 11.3 Å². The van der Waals surface area contributed by atoms with Crippen LogP contribution in [0.4, 0.5) is 5.69 Å². The third-order valence-electron chi connectivity index (χ3n) is 3.06. The van der Waals surface area contributed by atoms with Crippen LogP contribution in [0.15, 0.2) is 47.1 Å². The van der Waals surface area contributed by atoms with Crippen LogP contribution >= 0.6 is 27.3 Å². The van der Waals surface area contributed by atoms with Gasteiger partial charge in [-0.15, -0.1) is 11.3 Å². The quantitative estimate of drug-likeness (QED) is 0.757. The lowest BCUT2D eigenvalue weighted by Crippen LogP contribution is -1.94. The molecule has 2 aromatic heterocycles. The zero-order valence-corrected chi connectivity index (χ0v) is 13.4. The molecule has 0 fully saturated rings. The molecule has 3 rings (SSSR count). The van der Waals surface area contributed by atoms with Gasteiger partial charge in [-0.1, -0.05) is 28.9 Å². The molecule has 0 saturated heterocycles. The van der Waals surface area contributed by atoms with Crippen molar-refractivity contribution >= 4 is 33.0 Å². The average molecular weight is 348 g/mol. The van der Waals surface area contributed by atoms with Crippen molar-refractivity contribution in [1.29, 1.82) is 0 Å². The molecule has 2 heterocycles. The van der Waals surface area contributed by atoms with E-state index >= 15 is 0 Å². The predicted molar refractivity (Wildman–Crippen MR) is 88.4 cm³/mol. The van der Waals surface area contributed by atoms with Gasteiger partial charge in [-0.3, -0.25) is 0 Å². The number of rotatable bonds is 3. The van der Waals surface area contributed by atoms with Crippen LogP contribution in [0.5, 0.6) is 0 Å². The maximum absolute atomic E-state index is 6.11. The molecule has 3 nitrogen and oxygen atoms in total. The Hall–Kier alpha value is -1.59. The van der Waals surface area contributed by atoms with E-state index < -0.39 is 0 Å². The number of anilines is 1. The van der Waals surface area contributed by atoms with E-state index in [9.17, 15) is 0 Å². The summed E-state index contributed by atoms with van der Waals surface area (Å²) in [5.41, 5.74) is 8.66. The molecule has 0 spiro atoms. The van der Waals surface area contributed by atoms with Gasteiger partial charge in [-0.25, -0.2) is 4.68 Å². The van der Waals surface area contributed by atoms with Crippen molar-refractivity contribution in [2.24, 2.45) is 0 Å². The van der Waals surface area contributed by atoms with E-state index in [1.807, 2.05) is 35.1 Å². The number of thiophene rings is 1. The Morgan fingerprint density at radius 3 is 2.85 bits per heavy atom. The topological polar surface area (TPSA) is 43.8 Å². The second-order valence-corrected chi connectivity index (χ2v) is 6.56. The summed E-state index contributed by atoms with van der Waals surface area (Å²) < 4.78 is 2.84. The number of aryl methyl sites for hydroxylation is 1. The van der Waals surface area contributed by atoms with Gasteiger partial charge in [0.05, 0.1) is 22.4 Å². The summed E-state index contributed by atoms with van der Waals surface area (Å²) in [4.78, 5) is 2.46. The summed E-state index contributed by atoms with van der Waals surface area (Å²) in [6, 6.07) is 12.2. The molecule has 0 bridgehead atoms. The van der Waals surface area contributed by atoms with Crippen molar-refractivity contribution in [1.82, 2.24) is 9.78 Å². The predicted octanol–water partition coefficient (Wildman–Crippen LogP) is 4.51. The highest BCUT2D eigenvalue weighted by atomic mass is 79.9. The van der Waals surface area contributed by atoms with Gasteiger partial charge < -0.3 is 5.73 Å². The van der Waals surface area contributed by atoms with Crippen molar-refractivity contribution in [2.45, 2.75) is 13.3 Å². The molecule has 1 aromatic carbocycles. The Balaban J connectivity index is 2.02. The number of benzene rings is 1. The Kier molecular flexibility index (Phi) is 3.63. The summed E-state index contributed by atoms with van der Waals surface area (Å²) in [6.07, 6.45) is 2.90. The highest BCUT2D eigenvalue weighted by molar-refractivity contribution is 9.10. The maximum atomic E-state index is 6.11. The third kappa shape index (κ3) is 2.51. The van der Waals surface area contributed by atoms with Crippen molar-refractivity contribution in [2.75, 3.05) is 5.73 Å². The molecule has 0 radical (unpaired) electrons. The molecule has 0 unspecified atom stereocenters. The van der Waals surface area contributed by atoms with Crippen molar-refractivity contribution in [3.8, 4) is 16.3 Å². The molecule has 5 heteroatoms. The average Bonchev–Trinajstić information content (AvgIpc) is 3.04. The van der Waals surface area contributed by atoms with E-state index in [1.165, 1.54) is 4.88 Å². The fourth-order valence-electron chi connectivity index (χ4n) is 2.02. The van der Waals surface area contributed by atoms with E-state index in [2.05, 4.69) is 40.1 Å². The zero-order valence-electron chi connectivity index (χ0n) is 11.0. The van der Waals surface area contributed by atoms with Crippen LogP contribution < -0.4 is 5.73 Å². The van der Waals surface area contributed by atoms with E-state index in [-0.39, 0.29) is 0 Å². The number of nitrogen functional groups attached to an aromatic ring is 1. The molecule has 3 aromatic rings. The van der Waals surface area contributed by atoms with Crippen LogP contribution in [0.1, 0.15) is 11.8 Å². The number of aromatic nitrogens is 2. The van der Waals surface area contributed by atoms with Gasteiger partial charge in [0.25, 0.3) is 0 Å². The Morgan fingerprint density at radius 1 is 1.30 bits per heavy atom. The number of halogens is 1. The number of nitrogens with two attached hydrogens (primary N) is 1. The van der Waals surface area contributed by atoms with Crippen molar-refractivity contribution in [3.63, 3.8) is 0 Å². The molecule has 0 aliphatic heterocycles. The summed E-state index contributed by atoms with van der Waals surface area (Å²) in [5, 5.41) is 4.62. The van der Waals surface area contributed by atoms with Crippen LogP contribution in [0.25, 0.3) is 16.3 Å². The molecule has 0 saturated carbocycles. The minimum absolute atomic E-state index is 0.703. The summed E-state index contributed by atoms with van der Waals surface area (Å²) in [7, 11) is 0. The molecule has 0 atom stereocenters. The van der Waals surface area contributed by atoms with Gasteiger partial charge in [0.1, 0.15) is 5.69 Å². The van der Waals surface area contributed by atoms with Gasteiger partial charge >= 0.3 is 0 Å². The Bertz CT molecular complexity index is 745. The minimum atomic E-state index is 0.703. The lowest BCUT2D eigenvalue weighted by Gasteiger charge is -2.00. The Morgan fingerprint density at radius 2 is 2.15 bits per heavy atom. The van der Waals surface area contributed by atoms with Crippen LogP contribution in [0, 0.1) is 0 Å². The van der Waals surface area contributed by atoms with Crippen LogP contribution in [-0.2, 0) is 6.42 Å². The van der Waals surface area contributed by atoms with Gasteiger partial charge in [0.2, 0.25) is 0 Å². The van der Waals surface area contributed by atoms with Crippen molar-refractivity contribution in [3.05, 3.63) is 51.9 Å². The van der Waals surface area contributed by atoms with Gasteiger partial charge in [0, 0.05) is 9.35 Å². The third-order valence-corrected chi connectivity index (χ3v) is 4.79. The number of nitrogens with zero attached hydrogens (tertiary/aromatic N) is 2. The lowest BCUT2D eigenvalue weighted by atomic mass is 10.3. The first-order valence-electron chi connectivity index (χ1n) is 6.37. The summed E-state index contributed by atoms with van der Waals surface area (Å²) in [6.45, 7) is 2.15. The molecular weight excluding hydrogens is 334 g/mol. The molecule has 20 heavy (non-hydrogen) atoms. The minimum Gasteiger partial charge on any atom is -0.396 e. The van der Waals surface area contributed by atoms with Gasteiger partial charge in [0.15, 0.2) is 0 Å². The summed E-state index contributed by atoms with van der Waals surface area (Å²) >= 11 is 5.22. The van der Waals surface area contributed by atoms with E-state index in [0.717, 1.165) is 27.2 Å². The SMILES string of the molecule is CCc1ccc(-c2nn(-c3cccc(Br)c3)cc2N)s1. The molecule has 0 amide bonds. The lowest BCUT2D eigenvalue weighted by molar-refractivity contribution is 0.884. The molecule has 0 aliphatic rings. The monoisotopic (exact) mass is 347 g/mol. The molecule has 2 N–H and O–H groups in total. The smallest absolute Gasteiger partial charge is 0.126 e. The van der Waals surface area contributed by atoms with Crippen LogP contribution in [-0.4, -0.2) is 9.78 Å².